The Hall–Kier alpha value is -2.14. The molecule has 5 heteroatoms. The molecule has 0 bridgehead atoms. The average Bonchev–Trinajstić information content (AvgIpc) is 3.09. The van der Waals surface area contributed by atoms with Crippen molar-refractivity contribution < 1.29 is 9.59 Å². The minimum atomic E-state index is -0.202. The van der Waals surface area contributed by atoms with Gasteiger partial charge in [0.15, 0.2) is 0 Å². The van der Waals surface area contributed by atoms with E-state index in [9.17, 15) is 9.59 Å². The van der Waals surface area contributed by atoms with Crippen molar-refractivity contribution in [3.63, 3.8) is 0 Å². The van der Waals surface area contributed by atoms with Gasteiger partial charge in [0.1, 0.15) is 0 Å². The molecule has 0 saturated carbocycles. The second-order valence-corrected chi connectivity index (χ2v) is 7.95. The van der Waals surface area contributed by atoms with Crippen LogP contribution in [0.2, 0.25) is 0 Å². The molecule has 3 rings (SSSR count). The van der Waals surface area contributed by atoms with Gasteiger partial charge < -0.3 is 10.6 Å². The molecule has 1 atom stereocenters. The molecule has 1 unspecified atom stereocenters. The number of carbonyl (C=O) groups excluding carboxylic acids is 2. The fourth-order valence-corrected chi connectivity index (χ4v) is 4.58. The Labute approximate surface area is 159 Å². The molecule has 0 aliphatic heterocycles. The van der Waals surface area contributed by atoms with Gasteiger partial charge >= 0.3 is 0 Å². The lowest BCUT2D eigenvalue weighted by Gasteiger charge is -2.19. The summed E-state index contributed by atoms with van der Waals surface area (Å²) in [5.74, 6) is 0.375. The summed E-state index contributed by atoms with van der Waals surface area (Å²) >= 11 is 1.57. The normalized spacial score (nSPS) is 16.0. The van der Waals surface area contributed by atoms with Crippen molar-refractivity contribution >= 4 is 28.8 Å². The molecule has 26 heavy (non-hydrogen) atoms. The van der Waals surface area contributed by atoms with Gasteiger partial charge in [0.25, 0.3) is 5.91 Å². The van der Waals surface area contributed by atoms with Crippen molar-refractivity contribution in [1.82, 2.24) is 5.32 Å². The Kier molecular flexibility index (Phi) is 6.09. The minimum Gasteiger partial charge on any atom is -0.342 e. The van der Waals surface area contributed by atoms with E-state index >= 15 is 0 Å². The molecule has 1 aromatic carbocycles. The molecule has 4 nitrogen and oxygen atoms in total. The SMILES string of the molecule is CCc1ccccc1NC(=O)CNC(=O)c1cc2c(s1)CCC(CC)C2. The highest BCUT2D eigenvalue weighted by Crippen LogP contribution is 2.33. The fourth-order valence-electron chi connectivity index (χ4n) is 3.45. The Balaban J connectivity index is 1.56. The van der Waals surface area contributed by atoms with Crippen LogP contribution < -0.4 is 10.6 Å². The summed E-state index contributed by atoms with van der Waals surface area (Å²) in [6.07, 6.45) is 5.40. The smallest absolute Gasteiger partial charge is 0.261 e. The summed E-state index contributed by atoms with van der Waals surface area (Å²) in [6.45, 7) is 4.26. The number of nitrogens with one attached hydrogen (secondary N) is 2. The standard InChI is InChI=1S/C21H26N2O2S/c1-3-14-9-10-18-16(11-14)12-19(26-18)21(25)22-13-20(24)23-17-8-6-5-7-15(17)4-2/h5-8,12,14H,3-4,9-11,13H2,1-2H3,(H,22,25)(H,23,24). The molecule has 0 fully saturated rings. The Morgan fingerprint density at radius 1 is 1.23 bits per heavy atom. The number of para-hydroxylation sites is 1. The third-order valence-corrected chi connectivity index (χ3v) is 6.30. The molecule has 1 aromatic heterocycles. The van der Waals surface area contributed by atoms with Crippen molar-refractivity contribution in [2.75, 3.05) is 11.9 Å². The lowest BCUT2D eigenvalue weighted by atomic mass is 9.87. The van der Waals surface area contributed by atoms with Crippen LogP contribution in [0.1, 0.15) is 52.4 Å². The predicted molar refractivity (Wildman–Crippen MR) is 107 cm³/mol. The van der Waals surface area contributed by atoms with Crippen LogP contribution in [0.3, 0.4) is 0 Å². The molecule has 0 radical (unpaired) electrons. The van der Waals surface area contributed by atoms with Crippen LogP contribution in [-0.4, -0.2) is 18.4 Å². The van der Waals surface area contributed by atoms with Gasteiger partial charge in [0.05, 0.1) is 11.4 Å². The topological polar surface area (TPSA) is 58.2 Å². The van der Waals surface area contributed by atoms with Gasteiger partial charge in [-0.25, -0.2) is 0 Å². The lowest BCUT2D eigenvalue weighted by molar-refractivity contribution is -0.115. The minimum absolute atomic E-state index is 0.0168. The van der Waals surface area contributed by atoms with Gasteiger partial charge in [-0.15, -0.1) is 11.3 Å². The third kappa shape index (κ3) is 4.33. The molecule has 0 spiro atoms. The maximum absolute atomic E-state index is 12.4. The number of hydrogen-bond acceptors (Lipinski definition) is 3. The van der Waals surface area contributed by atoms with E-state index in [1.165, 1.54) is 23.3 Å². The van der Waals surface area contributed by atoms with E-state index in [1.807, 2.05) is 30.3 Å². The first-order chi connectivity index (χ1) is 12.6. The van der Waals surface area contributed by atoms with E-state index in [1.54, 1.807) is 11.3 Å². The van der Waals surface area contributed by atoms with Gasteiger partial charge in [0, 0.05) is 10.6 Å². The first-order valence-electron chi connectivity index (χ1n) is 9.38. The van der Waals surface area contributed by atoms with Crippen LogP contribution in [0.15, 0.2) is 30.3 Å². The fraction of sp³-hybridized carbons (Fsp3) is 0.429. The van der Waals surface area contributed by atoms with Gasteiger partial charge in [-0.1, -0.05) is 38.5 Å². The van der Waals surface area contributed by atoms with Crippen molar-refractivity contribution in [1.29, 1.82) is 0 Å². The largest absolute Gasteiger partial charge is 0.342 e. The number of benzene rings is 1. The maximum atomic E-state index is 12.4. The van der Waals surface area contributed by atoms with Crippen molar-refractivity contribution in [2.45, 2.75) is 46.0 Å². The molecular formula is C21H26N2O2S. The number of anilines is 1. The molecule has 1 aliphatic carbocycles. The van der Waals surface area contributed by atoms with Crippen LogP contribution in [0.5, 0.6) is 0 Å². The molecule has 138 valence electrons. The molecule has 2 amide bonds. The number of hydrogen-bond donors (Lipinski definition) is 2. The zero-order valence-electron chi connectivity index (χ0n) is 15.4. The van der Waals surface area contributed by atoms with Crippen LogP contribution in [0.4, 0.5) is 5.69 Å². The summed E-state index contributed by atoms with van der Waals surface area (Å²) in [4.78, 5) is 26.6. The monoisotopic (exact) mass is 370 g/mol. The molecule has 0 saturated heterocycles. The molecular weight excluding hydrogens is 344 g/mol. The van der Waals surface area contributed by atoms with E-state index < -0.39 is 0 Å². The Morgan fingerprint density at radius 2 is 2.04 bits per heavy atom. The average molecular weight is 371 g/mol. The summed E-state index contributed by atoms with van der Waals surface area (Å²) in [6, 6.07) is 9.75. The van der Waals surface area contributed by atoms with Crippen molar-refractivity contribution in [3.8, 4) is 0 Å². The number of thiophene rings is 1. The molecule has 2 N–H and O–H groups in total. The molecule has 2 aromatic rings. The summed E-state index contributed by atoms with van der Waals surface area (Å²) in [7, 11) is 0. The van der Waals surface area contributed by atoms with Crippen LogP contribution in [0.25, 0.3) is 0 Å². The molecule has 1 aliphatic rings. The summed E-state index contributed by atoms with van der Waals surface area (Å²) in [5.41, 5.74) is 3.22. The summed E-state index contributed by atoms with van der Waals surface area (Å²) in [5, 5.41) is 5.63. The van der Waals surface area contributed by atoms with Crippen molar-refractivity contribution in [3.05, 3.63) is 51.2 Å². The first-order valence-corrected chi connectivity index (χ1v) is 10.2. The number of rotatable bonds is 6. The Bertz CT molecular complexity index is 797. The van der Waals surface area contributed by atoms with Gasteiger partial charge in [0.2, 0.25) is 5.91 Å². The third-order valence-electron chi connectivity index (χ3n) is 5.07. The number of fused-ring (bicyclic) bond motifs is 1. The van der Waals surface area contributed by atoms with Crippen molar-refractivity contribution in [2.24, 2.45) is 5.92 Å². The highest BCUT2D eigenvalue weighted by molar-refractivity contribution is 7.14. The lowest BCUT2D eigenvalue weighted by Crippen LogP contribution is -2.32. The van der Waals surface area contributed by atoms with E-state index in [0.29, 0.717) is 4.88 Å². The summed E-state index contributed by atoms with van der Waals surface area (Å²) < 4.78 is 0. The van der Waals surface area contributed by atoms with E-state index in [4.69, 9.17) is 0 Å². The first kappa shape index (κ1) is 18.6. The maximum Gasteiger partial charge on any atom is 0.261 e. The van der Waals surface area contributed by atoms with E-state index in [2.05, 4.69) is 24.5 Å². The second kappa shape index (κ2) is 8.49. The number of aryl methyl sites for hydroxylation is 2. The Morgan fingerprint density at radius 3 is 2.81 bits per heavy atom. The quantitative estimate of drug-likeness (QED) is 0.801. The highest BCUT2D eigenvalue weighted by atomic mass is 32.1. The predicted octanol–water partition coefficient (Wildman–Crippen LogP) is 4.19. The van der Waals surface area contributed by atoms with Crippen LogP contribution in [0, 0.1) is 5.92 Å². The van der Waals surface area contributed by atoms with Gasteiger partial charge in [-0.3, -0.25) is 9.59 Å². The number of carbonyl (C=O) groups is 2. The highest BCUT2D eigenvalue weighted by Gasteiger charge is 2.22. The number of amides is 2. The van der Waals surface area contributed by atoms with Crippen LogP contribution in [-0.2, 0) is 24.1 Å². The zero-order chi connectivity index (χ0) is 18.5. The zero-order valence-corrected chi connectivity index (χ0v) is 16.2. The van der Waals surface area contributed by atoms with Gasteiger partial charge in [-0.05, 0) is 54.9 Å². The second-order valence-electron chi connectivity index (χ2n) is 6.82. The molecule has 1 heterocycles. The van der Waals surface area contributed by atoms with Gasteiger partial charge in [-0.2, -0.15) is 0 Å². The van der Waals surface area contributed by atoms with E-state index in [0.717, 1.165) is 36.4 Å². The van der Waals surface area contributed by atoms with Crippen LogP contribution >= 0.6 is 11.3 Å². The van der Waals surface area contributed by atoms with E-state index in [-0.39, 0.29) is 18.4 Å².